The molecular weight excluding hydrogens is 198 g/mol. The fourth-order valence-corrected chi connectivity index (χ4v) is 0.756. The van der Waals surface area contributed by atoms with E-state index in [1.54, 1.807) is 20.8 Å². The minimum Gasteiger partial charge on any atom is -0.442 e. The van der Waals surface area contributed by atoms with Crippen LogP contribution in [0.2, 0.25) is 0 Å². The zero-order valence-electron chi connectivity index (χ0n) is 8.84. The number of aliphatic imine (C=N–C) groups is 1. The van der Waals surface area contributed by atoms with Crippen LogP contribution in [-0.2, 0) is 4.74 Å². The van der Waals surface area contributed by atoms with Crippen molar-refractivity contribution >= 4 is 12.1 Å². The van der Waals surface area contributed by atoms with Crippen LogP contribution < -0.4 is 5.73 Å². The largest absolute Gasteiger partial charge is 0.442 e. The fraction of sp³-hybridized carbons (Fsp3) is 0.500. The molecule has 1 aromatic heterocycles. The Bertz CT molecular complexity index is 363. The second kappa shape index (κ2) is 4.07. The Kier molecular flexibility index (Phi) is 3.03. The lowest BCUT2D eigenvalue weighted by Crippen LogP contribution is -2.27. The van der Waals surface area contributed by atoms with Crippen molar-refractivity contribution in [3.8, 4) is 0 Å². The molecule has 1 rings (SSSR count). The van der Waals surface area contributed by atoms with Crippen molar-refractivity contribution in [1.29, 1.82) is 0 Å². The molecule has 1 aromatic rings. The molecule has 1 heterocycles. The molecule has 0 atom stereocenters. The normalized spacial score (nSPS) is 12.6. The van der Waals surface area contributed by atoms with Gasteiger partial charge in [-0.05, 0) is 20.8 Å². The number of aromatic nitrogens is 3. The van der Waals surface area contributed by atoms with Gasteiger partial charge in [0.05, 0.1) is 0 Å². The van der Waals surface area contributed by atoms with Crippen LogP contribution >= 0.6 is 0 Å². The maximum atomic E-state index is 11.2. The van der Waals surface area contributed by atoms with Crippen LogP contribution in [0.15, 0.2) is 17.6 Å². The van der Waals surface area contributed by atoms with E-state index in [4.69, 9.17) is 10.5 Å². The van der Waals surface area contributed by atoms with Crippen molar-refractivity contribution in [2.24, 2.45) is 10.7 Å². The molecule has 7 nitrogen and oxygen atoms in total. The molecule has 0 saturated carbocycles. The third-order valence-electron chi connectivity index (χ3n) is 1.25. The summed E-state index contributed by atoms with van der Waals surface area (Å²) in [5.74, 6) is -0.0817. The van der Waals surface area contributed by atoms with Gasteiger partial charge in [-0.2, -0.15) is 9.78 Å². The first-order valence-corrected chi connectivity index (χ1v) is 4.30. The minimum atomic E-state index is -0.754. The van der Waals surface area contributed by atoms with Crippen LogP contribution in [0.4, 0.5) is 4.79 Å². The highest BCUT2D eigenvalue weighted by atomic mass is 16.6. The standard InChI is InChI=1S/C8H13N5O2/c1-8(2,3)15-7(14)12-6(9)13-5-10-4-11-13/h4-5H,1-3H3,(H2,9,12,14). The van der Waals surface area contributed by atoms with Gasteiger partial charge < -0.3 is 10.5 Å². The zero-order chi connectivity index (χ0) is 11.5. The van der Waals surface area contributed by atoms with Gasteiger partial charge in [-0.3, -0.25) is 0 Å². The summed E-state index contributed by atoms with van der Waals surface area (Å²) in [6.07, 6.45) is 1.87. The van der Waals surface area contributed by atoms with Crippen LogP contribution in [0.25, 0.3) is 0 Å². The summed E-state index contributed by atoms with van der Waals surface area (Å²) >= 11 is 0. The Morgan fingerprint density at radius 1 is 1.53 bits per heavy atom. The molecule has 15 heavy (non-hydrogen) atoms. The predicted molar refractivity (Wildman–Crippen MR) is 53.3 cm³/mol. The molecule has 0 aliphatic heterocycles. The Morgan fingerprint density at radius 2 is 2.20 bits per heavy atom. The summed E-state index contributed by atoms with van der Waals surface area (Å²) in [7, 11) is 0. The number of ether oxygens (including phenoxy) is 1. The van der Waals surface area contributed by atoms with E-state index in [9.17, 15) is 4.79 Å². The molecule has 2 N–H and O–H groups in total. The number of nitrogens with zero attached hydrogens (tertiary/aromatic N) is 4. The second-order valence-electron chi connectivity index (χ2n) is 3.79. The van der Waals surface area contributed by atoms with Crippen LogP contribution in [0.5, 0.6) is 0 Å². The third-order valence-corrected chi connectivity index (χ3v) is 1.25. The van der Waals surface area contributed by atoms with Gasteiger partial charge in [-0.15, -0.1) is 4.99 Å². The molecule has 0 aromatic carbocycles. The minimum absolute atomic E-state index is 0.0817. The van der Waals surface area contributed by atoms with Gasteiger partial charge in [0.15, 0.2) is 0 Å². The van der Waals surface area contributed by atoms with Gasteiger partial charge in [-0.1, -0.05) is 0 Å². The van der Waals surface area contributed by atoms with Crippen molar-refractivity contribution in [2.45, 2.75) is 26.4 Å². The van der Waals surface area contributed by atoms with E-state index >= 15 is 0 Å². The molecule has 7 heteroatoms. The fourth-order valence-electron chi connectivity index (χ4n) is 0.756. The summed E-state index contributed by atoms with van der Waals surface area (Å²) in [6, 6.07) is 0. The van der Waals surface area contributed by atoms with E-state index in [1.807, 2.05) is 0 Å². The van der Waals surface area contributed by atoms with E-state index in [1.165, 1.54) is 17.3 Å². The summed E-state index contributed by atoms with van der Waals surface area (Å²) in [4.78, 5) is 18.4. The van der Waals surface area contributed by atoms with E-state index in [2.05, 4.69) is 15.1 Å². The number of carbonyl (C=O) groups is 1. The van der Waals surface area contributed by atoms with Gasteiger partial charge in [0.25, 0.3) is 0 Å². The molecule has 0 bridgehead atoms. The van der Waals surface area contributed by atoms with Gasteiger partial charge in [0.1, 0.15) is 18.3 Å². The Morgan fingerprint density at radius 3 is 2.67 bits per heavy atom. The van der Waals surface area contributed by atoms with E-state index in [0.717, 1.165) is 0 Å². The van der Waals surface area contributed by atoms with E-state index in [-0.39, 0.29) is 5.96 Å². The quantitative estimate of drug-likeness (QED) is 0.494. The monoisotopic (exact) mass is 211 g/mol. The highest BCUT2D eigenvalue weighted by molar-refractivity contribution is 5.89. The first-order valence-electron chi connectivity index (χ1n) is 4.30. The van der Waals surface area contributed by atoms with E-state index in [0.29, 0.717) is 0 Å². The first-order chi connectivity index (χ1) is 6.88. The number of carbonyl (C=O) groups excluding carboxylic acids is 1. The Labute approximate surface area is 87.0 Å². The van der Waals surface area contributed by atoms with Crippen molar-refractivity contribution < 1.29 is 9.53 Å². The summed E-state index contributed by atoms with van der Waals surface area (Å²) < 4.78 is 6.11. The van der Waals surface area contributed by atoms with Crippen molar-refractivity contribution in [2.75, 3.05) is 0 Å². The smallest absolute Gasteiger partial charge is 0.437 e. The number of hydrogen-bond donors (Lipinski definition) is 1. The molecule has 0 saturated heterocycles. The molecule has 1 amide bonds. The number of nitrogens with two attached hydrogens (primary N) is 1. The number of rotatable bonds is 0. The lowest BCUT2D eigenvalue weighted by Gasteiger charge is -2.17. The first kappa shape index (κ1) is 11.2. The second-order valence-corrected chi connectivity index (χ2v) is 3.79. The van der Waals surface area contributed by atoms with Gasteiger partial charge in [0.2, 0.25) is 5.96 Å². The molecule has 0 radical (unpaired) electrons. The summed E-state index contributed by atoms with van der Waals surface area (Å²) in [5, 5.41) is 3.71. The van der Waals surface area contributed by atoms with E-state index < -0.39 is 11.7 Å². The van der Waals surface area contributed by atoms with Gasteiger partial charge in [0, 0.05) is 0 Å². The average molecular weight is 211 g/mol. The van der Waals surface area contributed by atoms with Crippen LogP contribution in [0.3, 0.4) is 0 Å². The molecule has 0 unspecified atom stereocenters. The lowest BCUT2D eigenvalue weighted by molar-refractivity contribution is 0.0603. The number of hydrogen-bond acceptors (Lipinski definition) is 4. The third kappa shape index (κ3) is 3.75. The zero-order valence-corrected chi connectivity index (χ0v) is 8.84. The average Bonchev–Trinajstić information content (AvgIpc) is 2.50. The Balaban J connectivity index is 2.68. The maximum Gasteiger partial charge on any atom is 0.437 e. The van der Waals surface area contributed by atoms with Crippen molar-refractivity contribution in [3.63, 3.8) is 0 Å². The highest BCUT2D eigenvalue weighted by Gasteiger charge is 2.16. The predicted octanol–water partition coefficient (Wildman–Crippen LogP) is 0.376. The summed E-state index contributed by atoms with van der Waals surface area (Å²) in [6.45, 7) is 5.23. The molecule has 0 fully saturated rings. The topological polar surface area (TPSA) is 95.4 Å². The molecule has 0 aliphatic carbocycles. The highest BCUT2D eigenvalue weighted by Crippen LogP contribution is 2.07. The molecular formula is C8H13N5O2. The van der Waals surface area contributed by atoms with Crippen LogP contribution in [-0.4, -0.2) is 32.4 Å². The van der Waals surface area contributed by atoms with Crippen molar-refractivity contribution in [1.82, 2.24) is 14.8 Å². The number of amides is 1. The van der Waals surface area contributed by atoms with Crippen LogP contribution in [0, 0.1) is 0 Å². The lowest BCUT2D eigenvalue weighted by atomic mass is 10.2. The molecule has 0 aliphatic rings. The van der Waals surface area contributed by atoms with Crippen LogP contribution in [0.1, 0.15) is 20.8 Å². The van der Waals surface area contributed by atoms with Gasteiger partial charge in [-0.25, -0.2) is 9.78 Å². The summed E-state index contributed by atoms with van der Waals surface area (Å²) in [5.41, 5.74) is 4.87. The van der Waals surface area contributed by atoms with Gasteiger partial charge >= 0.3 is 6.09 Å². The van der Waals surface area contributed by atoms with Crippen molar-refractivity contribution in [3.05, 3.63) is 12.7 Å². The maximum absolute atomic E-state index is 11.2. The SMILES string of the molecule is CC(C)(C)OC(=O)/N=C(\N)n1cncn1. The Hall–Kier alpha value is -1.92. The molecule has 0 spiro atoms. The molecule has 82 valence electrons.